The molecule has 4 nitrogen and oxygen atoms in total. The normalized spacial score (nSPS) is 10.5. The summed E-state index contributed by atoms with van der Waals surface area (Å²) < 4.78 is 12.1. The number of allylic oxidation sites excluding steroid dienone is 1. The van der Waals surface area contributed by atoms with Crippen LogP contribution in [0.1, 0.15) is 13.8 Å². The standard InChI is InChI=1S/C8H10FNO3/c1-4-8(5-9)10(6(2)11)13-7(3)12/h4-5H,1H2,2-3H3. The first kappa shape index (κ1) is 11.4. The number of hydrogen-bond donors (Lipinski definition) is 0. The van der Waals surface area contributed by atoms with Crippen molar-refractivity contribution in [2.45, 2.75) is 13.8 Å². The minimum absolute atomic E-state index is 0.122. The Bertz CT molecular complexity index is 260. The van der Waals surface area contributed by atoms with Gasteiger partial charge >= 0.3 is 5.97 Å². The van der Waals surface area contributed by atoms with Crippen LogP contribution in [0.15, 0.2) is 24.7 Å². The molecule has 0 bridgehead atoms. The van der Waals surface area contributed by atoms with Crippen molar-refractivity contribution in [1.82, 2.24) is 5.06 Å². The highest BCUT2D eigenvalue weighted by Gasteiger charge is 2.15. The van der Waals surface area contributed by atoms with E-state index in [1.165, 1.54) is 0 Å². The zero-order valence-corrected chi connectivity index (χ0v) is 7.41. The van der Waals surface area contributed by atoms with Crippen LogP contribution in [0.2, 0.25) is 0 Å². The third-order valence-electron chi connectivity index (χ3n) is 1.06. The molecule has 0 aliphatic heterocycles. The highest BCUT2D eigenvalue weighted by molar-refractivity contribution is 5.77. The maximum atomic E-state index is 12.1. The number of nitrogens with zero attached hydrogens (tertiary/aromatic N) is 1. The smallest absolute Gasteiger partial charge is 0.330 e. The maximum absolute atomic E-state index is 12.1. The van der Waals surface area contributed by atoms with Crippen LogP contribution in [-0.2, 0) is 14.4 Å². The van der Waals surface area contributed by atoms with E-state index in [0.29, 0.717) is 5.06 Å². The van der Waals surface area contributed by atoms with Crippen LogP contribution in [0.5, 0.6) is 0 Å². The molecule has 0 heterocycles. The van der Waals surface area contributed by atoms with E-state index in [2.05, 4.69) is 11.4 Å². The summed E-state index contributed by atoms with van der Waals surface area (Å²) in [5.74, 6) is -1.32. The molecule has 0 fully saturated rings. The summed E-state index contributed by atoms with van der Waals surface area (Å²) in [6.07, 6.45) is 1.18. The lowest BCUT2D eigenvalue weighted by molar-refractivity contribution is -0.186. The highest BCUT2D eigenvalue weighted by atomic mass is 19.1. The lowest BCUT2D eigenvalue weighted by Gasteiger charge is -2.17. The molecule has 0 saturated carbocycles. The Morgan fingerprint density at radius 3 is 2.23 bits per heavy atom. The molecule has 0 aromatic heterocycles. The third-order valence-corrected chi connectivity index (χ3v) is 1.06. The molecule has 1 amide bonds. The van der Waals surface area contributed by atoms with E-state index in [0.717, 1.165) is 19.9 Å². The molecule has 0 aliphatic rings. The lowest BCUT2D eigenvalue weighted by Crippen LogP contribution is -2.29. The van der Waals surface area contributed by atoms with Crippen LogP contribution in [0.4, 0.5) is 4.39 Å². The second-order valence-corrected chi connectivity index (χ2v) is 2.13. The van der Waals surface area contributed by atoms with E-state index in [-0.39, 0.29) is 12.0 Å². The SMILES string of the molecule is C=CC(=CF)N(OC(C)=O)C(C)=O. The van der Waals surface area contributed by atoms with Crippen molar-refractivity contribution in [3.05, 3.63) is 24.7 Å². The third kappa shape index (κ3) is 3.50. The van der Waals surface area contributed by atoms with Gasteiger partial charge in [-0.1, -0.05) is 6.58 Å². The Hall–Kier alpha value is -1.65. The highest BCUT2D eigenvalue weighted by Crippen LogP contribution is 2.07. The minimum Gasteiger partial charge on any atom is -0.333 e. The summed E-state index contributed by atoms with van der Waals surface area (Å²) in [7, 11) is 0. The summed E-state index contributed by atoms with van der Waals surface area (Å²) in [5.41, 5.74) is -0.220. The van der Waals surface area contributed by atoms with Gasteiger partial charge in [-0.05, 0) is 6.08 Å². The lowest BCUT2D eigenvalue weighted by atomic mass is 10.4. The van der Waals surface area contributed by atoms with Gasteiger partial charge in [0.05, 0.1) is 0 Å². The van der Waals surface area contributed by atoms with E-state index >= 15 is 0 Å². The van der Waals surface area contributed by atoms with Crippen molar-refractivity contribution in [3.8, 4) is 0 Å². The van der Waals surface area contributed by atoms with Crippen molar-refractivity contribution in [3.63, 3.8) is 0 Å². The van der Waals surface area contributed by atoms with Gasteiger partial charge in [0, 0.05) is 13.8 Å². The first-order valence-corrected chi connectivity index (χ1v) is 3.45. The number of hydroxylamine groups is 2. The molecule has 0 aliphatic carbocycles. The van der Waals surface area contributed by atoms with Crippen LogP contribution >= 0.6 is 0 Å². The van der Waals surface area contributed by atoms with Crippen LogP contribution < -0.4 is 0 Å². The van der Waals surface area contributed by atoms with E-state index in [4.69, 9.17) is 0 Å². The maximum Gasteiger partial charge on any atom is 0.330 e. The molecule has 0 saturated heterocycles. The average molecular weight is 187 g/mol. The predicted molar refractivity (Wildman–Crippen MR) is 43.7 cm³/mol. The molecule has 0 atom stereocenters. The molecule has 0 unspecified atom stereocenters. The van der Waals surface area contributed by atoms with Crippen molar-refractivity contribution in [2.24, 2.45) is 0 Å². The largest absolute Gasteiger partial charge is 0.333 e. The van der Waals surface area contributed by atoms with Crippen LogP contribution in [0, 0.1) is 0 Å². The molecule has 5 heteroatoms. The molecule has 13 heavy (non-hydrogen) atoms. The monoisotopic (exact) mass is 187 g/mol. The van der Waals surface area contributed by atoms with Crippen molar-refractivity contribution in [2.75, 3.05) is 0 Å². The Labute approximate surface area is 75.2 Å². The Morgan fingerprint density at radius 2 is 2.00 bits per heavy atom. The Kier molecular flexibility index (Phi) is 4.43. The molecular formula is C8H10FNO3. The fourth-order valence-electron chi connectivity index (χ4n) is 0.599. The molecule has 0 N–H and O–H groups in total. The summed E-state index contributed by atoms with van der Waals surface area (Å²) in [5, 5.41) is 0.523. The second-order valence-electron chi connectivity index (χ2n) is 2.13. The Morgan fingerprint density at radius 1 is 1.46 bits per heavy atom. The summed E-state index contributed by atoms with van der Waals surface area (Å²) in [6, 6.07) is 0. The summed E-state index contributed by atoms with van der Waals surface area (Å²) in [6.45, 7) is 5.49. The van der Waals surface area contributed by atoms with Crippen molar-refractivity contribution in [1.29, 1.82) is 0 Å². The van der Waals surface area contributed by atoms with Crippen molar-refractivity contribution < 1.29 is 18.8 Å². The van der Waals surface area contributed by atoms with Gasteiger partial charge in [-0.25, -0.2) is 9.18 Å². The van der Waals surface area contributed by atoms with Gasteiger partial charge in [0.1, 0.15) is 12.0 Å². The fourth-order valence-corrected chi connectivity index (χ4v) is 0.599. The van der Waals surface area contributed by atoms with Crippen LogP contribution in [-0.4, -0.2) is 16.9 Å². The summed E-state index contributed by atoms with van der Waals surface area (Å²) in [4.78, 5) is 25.7. The molecule has 0 aromatic carbocycles. The van der Waals surface area contributed by atoms with E-state index in [1.807, 2.05) is 0 Å². The summed E-state index contributed by atoms with van der Waals surface area (Å²) >= 11 is 0. The van der Waals surface area contributed by atoms with E-state index in [1.54, 1.807) is 0 Å². The van der Waals surface area contributed by atoms with Crippen molar-refractivity contribution >= 4 is 11.9 Å². The van der Waals surface area contributed by atoms with Gasteiger partial charge in [-0.3, -0.25) is 4.79 Å². The number of amides is 1. The van der Waals surface area contributed by atoms with Crippen LogP contribution in [0.25, 0.3) is 0 Å². The number of hydrogen-bond acceptors (Lipinski definition) is 3. The van der Waals surface area contributed by atoms with Gasteiger partial charge in [-0.15, -0.1) is 5.06 Å². The van der Waals surface area contributed by atoms with Gasteiger partial charge in [-0.2, -0.15) is 0 Å². The number of carbonyl (C=O) groups excluding carboxylic acids is 2. The molecule has 72 valence electrons. The minimum atomic E-state index is -0.712. The quantitative estimate of drug-likeness (QED) is 0.483. The fraction of sp³-hybridized carbons (Fsp3) is 0.250. The predicted octanol–water partition coefficient (Wildman–Crippen LogP) is 1.31. The van der Waals surface area contributed by atoms with Gasteiger partial charge < -0.3 is 4.84 Å². The molecule has 0 rings (SSSR count). The first-order valence-electron chi connectivity index (χ1n) is 3.45. The number of carbonyl (C=O) groups is 2. The van der Waals surface area contributed by atoms with E-state index in [9.17, 15) is 14.0 Å². The topological polar surface area (TPSA) is 46.6 Å². The number of rotatable bonds is 2. The van der Waals surface area contributed by atoms with Gasteiger partial charge in [0.25, 0.3) is 5.91 Å². The number of halogens is 1. The average Bonchev–Trinajstić information content (AvgIpc) is 2.04. The van der Waals surface area contributed by atoms with E-state index < -0.39 is 11.9 Å². The zero-order chi connectivity index (χ0) is 10.4. The van der Waals surface area contributed by atoms with Crippen LogP contribution in [0.3, 0.4) is 0 Å². The first-order chi connectivity index (χ1) is 6.02. The molecule has 0 aromatic rings. The second kappa shape index (κ2) is 5.08. The molecule has 0 spiro atoms. The van der Waals surface area contributed by atoms with Gasteiger partial charge in [0.15, 0.2) is 0 Å². The molecular weight excluding hydrogens is 177 g/mol. The molecule has 0 radical (unpaired) electrons. The van der Waals surface area contributed by atoms with Gasteiger partial charge in [0.2, 0.25) is 0 Å². The Balaban J connectivity index is 4.69. The zero-order valence-electron chi connectivity index (χ0n) is 7.41.